The Bertz CT molecular complexity index is 106. The molecule has 0 amide bonds. The molecule has 7 heavy (non-hydrogen) atoms. The molecule has 0 N–H and O–H groups in total. The first kappa shape index (κ1) is 4.31. The molecule has 0 spiro atoms. The Morgan fingerprint density at radius 3 is 3.57 bits per heavy atom. The molecule has 0 aromatic heterocycles. The standard InChI is InChI=1S/C6H6N/c1-2-4-6-7-5-3-1/h1,4-6H,3H2. The van der Waals surface area contributed by atoms with Gasteiger partial charge in [-0.15, -0.1) is 0 Å². The molecule has 0 aliphatic carbocycles. The first-order chi connectivity index (χ1) is 3.50. The van der Waals surface area contributed by atoms with Gasteiger partial charge >= 0.3 is 0 Å². The molecule has 35 valence electrons. The van der Waals surface area contributed by atoms with Crippen LogP contribution in [-0.2, 0) is 0 Å². The number of aliphatic imine (C=N–C) groups is 1. The van der Waals surface area contributed by atoms with Gasteiger partial charge in [0.25, 0.3) is 0 Å². The highest BCUT2D eigenvalue weighted by atomic mass is 14.7. The van der Waals surface area contributed by atoms with Gasteiger partial charge in [0.05, 0.1) is 0 Å². The lowest BCUT2D eigenvalue weighted by Crippen LogP contribution is -1.61. The summed E-state index contributed by atoms with van der Waals surface area (Å²) in [5.41, 5.74) is 0. The first-order valence-electron chi connectivity index (χ1n) is 2.24. The molecule has 0 fully saturated rings. The second-order valence-electron chi connectivity index (χ2n) is 1.25. The minimum atomic E-state index is 0.910. The van der Waals surface area contributed by atoms with Crippen LogP contribution in [0.25, 0.3) is 0 Å². The third kappa shape index (κ3) is 1.35. The van der Waals surface area contributed by atoms with Gasteiger partial charge in [0.2, 0.25) is 0 Å². The Balaban J connectivity index is 2.60. The number of hydrogen-bond acceptors (Lipinski definition) is 1. The summed E-state index contributed by atoms with van der Waals surface area (Å²) >= 11 is 0. The van der Waals surface area contributed by atoms with Gasteiger partial charge in [-0.2, -0.15) is 0 Å². The Hall–Kier alpha value is -0.850. The fourth-order valence-corrected chi connectivity index (χ4v) is 0.397. The molecule has 1 aliphatic heterocycles. The zero-order valence-electron chi connectivity index (χ0n) is 3.96. The average molecular weight is 92.1 g/mol. The predicted molar refractivity (Wildman–Crippen MR) is 30.1 cm³/mol. The van der Waals surface area contributed by atoms with Crippen molar-refractivity contribution in [2.75, 3.05) is 0 Å². The normalized spacial score (nSPS) is 17.1. The molecule has 1 rings (SSSR count). The average Bonchev–Trinajstić information content (AvgIpc) is 1.90. The van der Waals surface area contributed by atoms with E-state index < -0.39 is 0 Å². The van der Waals surface area contributed by atoms with Crippen LogP contribution >= 0.6 is 0 Å². The van der Waals surface area contributed by atoms with Gasteiger partial charge in [0, 0.05) is 18.8 Å². The lowest BCUT2D eigenvalue weighted by molar-refractivity contribution is 1.50. The van der Waals surface area contributed by atoms with E-state index in [1.807, 2.05) is 12.3 Å². The largest absolute Gasteiger partial charge is 0.269 e. The monoisotopic (exact) mass is 92.1 g/mol. The van der Waals surface area contributed by atoms with E-state index >= 15 is 0 Å². The highest BCUT2D eigenvalue weighted by molar-refractivity contribution is 5.60. The summed E-state index contributed by atoms with van der Waals surface area (Å²) in [6, 6.07) is 0. The van der Waals surface area contributed by atoms with Gasteiger partial charge in [-0.25, -0.2) is 0 Å². The Kier molecular flexibility index (Phi) is 1.44. The molecular weight excluding hydrogens is 86.1 g/mol. The van der Waals surface area contributed by atoms with Crippen molar-refractivity contribution in [1.82, 2.24) is 0 Å². The van der Waals surface area contributed by atoms with Crippen LogP contribution in [0.4, 0.5) is 0 Å². The van der Waals surface area contributed by atoms with Gasteiger partial charge < -0.3 is 0 Å². The highest BCUT2D eigenvalue weighted by Crippen LogP contribution is 1.85. The SMILES string of the molecule is [C]1=CCC=NC=C1. The Morgan fingerprint density at radius 2 is 2.57 bits per heavy atom. The molecule has 0 bridgehead atoms. The molecule has 1 nitrogen and oxygen atoms in total. The molecule has 1 heteroatoms. The molecule has 0 aromatic rings. The summed E-state index contributed by atoms with van der Waals surface area (Å²) in [6.45, 7) is 0. The van der Waals surface area contributed by atoms with Crippen LogP contribution in [0, 0.1) is 6.08 Å². The highest BCUT2D eigenvalue weighted by Gasteiger charge is 1.72. The summed E-state index contributed by atoms with van der Waals surface area (Å²) in [5, 5.41) is 0. The van der Waals surface area contributed by atoms with Crippen molar-refractivity contribution >= 4 is 6.21 Å². The Morgan fingerprint density at radius 1 is 1.57 bits per heavy atom. The summed E-state index contributed by atoms with van der Waals surface area (Å²) in [6.07, 6.45) is 11.1. The van der Waals surface area contributed by atoms with Gasteiger partial charge in [0.1, 0.15) is 0 Å². The van der Waals surface area contributed by atoms with Crippen molar-refractivity contribution in [2.45, 2.75) is 6.42 Å². The second kappa shape index (κ2) is 2.35. The molecule has 0 unspecified atom stereocenters. The predicted octanol–water partition coefficient (Wildman–Crippen LogP) is 1.33. The minimum absolute atomic E-state index is 0.910. The van der Waals surface area contributed by atoms with Crippen molar-refractivity contribution < 1.29 is 0 Å². The number of allylic oxidation sites excluding steroid dienone is 3. The molecular formula is C6H6N. The molecule has 0 saturated heterocycles. The number of hydrogen-bond donors (Lipinski definition) is 0. The summed E-state index contributed by atoms with van der Waals surface area (Å²) < 4.78 is 0. The van der Waals surface area contributed by atoms with Crippen molar-refractivity contribution in [3.63, 3.8) is 0 Å². The minimum Gasteiger partial charge on any atom is -0.269 e. The quantitative estimate of drug-likeness (QED) is 0.427. The maximum Gasteiger partial charge on any atom is 0.0270 e. The fraction of sp³-hybridized carbons (Fsp3) is 0.167. The lowest BCUT2D eigenvalue weighted by atomic mass is 10.4. The maximum absolute atomic E-state index is 3.87. The van der Waals surface area contributed by atoms with Crippen LogP contribution in [0.15, 0.2) is 23.3 Å². The van der Waals surface area contributed by atoms with Gasteiger partial charge in [0.15, 0.2) is 0 Å². The van der Waals surface area contributed by atoms with E-state index in [9.17, 15) is 0 Å². The van der Waals surface area contributed by atoms with E-state index in [0.717, 1.165) is 6.42 Å². The zero-order valence-corrected chi connectivity index (χ0v) is 3.96. The number of nitrogens with zero attached hydrogens (tertiary/aromatic N) is 1. The van der Waals surface area contributed by atoms with E-state index in [4.69, 9.17) is 0 Å². The molecule has 1 heterocycles. The molecule has 0 saturated carbocycles. The lowest BCUT2D eigenvalue weighted by Gasteiger charge is -1.68. The summed E-state index contributed by atoms with van der Waals surface area (Å²) in [5.74, 6) is 0. The topological polar surface area (TPSA) is 12.4 Å². The van der Waals surface area contributed by atoms with E-state index in [-0.39, 0.29) is 0 Å². The third-order valence-corrected chi connectivity index (χ3v) is 0.703. The zero-order chi connectivity index (χ0) is 4.95. The van der Waals surface area contributed by atoms with Crippen molar-refractivity contribution in [1.29, 1.82) is 0 Å². The van der Waals surface area contributed by atoms with Crippen LogP contribution in [0.1, 0.15) is 6.42 Å². The first-order valence-corrected chi connectivity index (χ1v) is 2.24. The van der Waals surface area contributed by atoms with Crippen LogP contribution < -0.4 is 0 Å². The van der Waals surface area contributed by atoms with Crippen LogP contribution in [0.2, 0.25) is 0 Å². The number of rotatable bonds is 0. The van der Waals surface area contributed by atoms with E-state index in [0.29, 0.717) is 0 Å². The van der Waals surface area contributed by atoms with Crippen LogP contribution in [0.5, 0.6) is 0 Å². The third-order valence-electron chi connectivity index (χ3n) is 0.703. The van der Waals surface area contributed by atoms with Crippen molar-refractivity contribution in [3.8, 4) is 0 Å². The summed E-state index contributed by atoms with van der Waals surface area (Å²) in [7, 11) is 0. The van der Waals surface area contributed by atoms with Crippen LogP contribution in [-0.4, -0.2) is 6.21 Å². The van der Waals surface area contributed by atoms with E-state index in [1.54, 1.807) is 12.3 Å². The van der Waals surface area contributed by atoms with Gasteiger partial charge in [-0.1, -0.05) is 6.08 Å². The fourth-order valence-electron chi connectivity index (χ4n) is 0.397. The van der Waals surface area contributed by atoms with Crippen molar-refractivity contribution in [3.05, 3.63) is 24.4 Å². The van der Waals surface area contributed by atoms with Gasteiger partial charge in [-0.05, 0) is 12.2 Å². The smallest absolute Gasteiger partial charge is 0.0270 e. The van der Waals surface area contributed by atoms with Gasteiger partial charge in [-0.3, -0.25) is 4.99 Å². The second-order valence-corrected chi connectivity index (χ2v) is 1.25. The molecule has 1 aliphatic rings. The van der Waals surface area contributed by atoms with Crippen LogP contribution in [0.3, 0.4) is 0 Å². The van der Waals surface area contributed by atoms with E-state index in [2.05, 4.69) is 11.1 Å². The van der Waals surface area contributed by atoms with E-state index in [1.165, 1.54) is 0 Å². The summed E-state index contributed by atoms with van der Waals surface area (Å²) in [4.78, 5) is 3.87. The van der Waals surface area contributed by atoms with Crippen molar-refractivity contribution in [2.24, 2.45) is 4.99 Å². The molecule has 0 aromatic carbocycles. The molecule has 0 atom stereocenters. The Labute approximate surface area is 43.1 Å². The maximum atomic E-state index is 3.87. The molecule has 1 radical (unpaired) electrons.